The van der Waals surface area contributed by atoms with E-state index in [9.17, 15) is 13.6 Å². The lowest BCUT2D eigenvalue weighted by Crippen LogP contribution is -2.21. The van der Waals surface area contributed by atoms with Crippen molar-refractivity contribution in [2.75, 3.05) is 11.6 Å². The van der Waals surface area contributed by atoms with Crippen LogP contribution in [-0.4, -0.2) is 18.0 Å². The number of hydrazone groups is 1. The van der Waals surface area contributed by atoms with E-state index in [1.54, 1.807) is 0 Å². The minimum Gasteiger partial charge on any atom is -0.293 e. The van der Waals surface area contributed by atoms with Gasteiger partial charge < -0.3 is 0 Å². The molecule has 0 saturated carbocycles. The van der Waals surface area contributed by atoms with Gasteiger partial charge in [0.05, 0.1) is 18.2 Å². The van der Waals surface area contributed by atoms with E-state index >= 15 is 0 Å². The number of carbonyl (C=O) groups excluding carboxylic acids is 1. The first kappa shape index (κ1) is 14.4. The number of hydrogen-bond acceptors (Lipinski definition) is 3. The molecule has 3 rings (SSSR count). The Hall–Kier alpha value is -2.56. The van der Waals surface area contributed by atoms with Crippen LogP contribution in [0.5, 0.6) is 0 Å². The first-order valence-electron chi connectivity index (χ1n) is 6.93. The molecule has 1 aliphatic heterocycles. The van der Waals surface area contributed by atoms with Gasteiger partial charge in [0.25, 0.3) is 0 Å². The summed E-state index contributed by atoms with van der Waals surface area (Å²) in [4.78, 5) is 11.8. The topological polar surface area (TPSA) is 32.7 Å². The molecular formula is C17H14F2N2O. The Bertz CT molecular complexity index is 744. The van der Waals surface area contributed by atoms with Gasteiger partial charge in [0.2, 0.25) is 0 Å². The van der Waals surface area contributed by atoms with Gasteiger partial charge in [-0.1, -0.05) is 30.3 Å². The van der Waals surface area contributed by atoms with Gasteiger partial charge in [-0.15, -0.1) is 0 Å². The van der Waals surface area contributed by atoms with Crippen LogP contribution < -0.4 is 5.01 Å². The molecule has 112 valence electrons. The highest BCUT2D eigenvalue weighted by molar-refractivity contribution is 6.41. The second-order valence-corrected chi connectivity index (χ2v) is 5.18. The number of nitrogens with zero attached hydrogens (tertiary/aromatic N) is 2. The van der Waals surface area contributed by atoms with Gasteiger partial charge in [0.15, 0.2) is 5.78 Å². The second kappa shape index (κ2) is 5.67. The van der Waals surface area contributed by atoms with Crippen molar-refractivity contribution < 1.29 is 13.6 Å². The third kappa shape index (κ3) is 2.62. The van der Waals surface area contributed by atoms with E-state index in [1.807, 2.05) is 30.3 Å². The quantitative estimate of drug-likeness (QED) is 0.869. The first-order chi connectivity index (χ1) is 10.6. The van der Waals surface area contributed by atoms with Gasteiger partial charge in [-0.3, -0.25) is 9.80 Å². The van der Waals surface area contributed by atoms with Crippen LogP contribution in [0.4, 0.5) is 14.5 Å². The predicted octanol–water partition coefficient (Wildman–Crippen LogP) is 3.51. The standard InChI is InChI=1S/C17H14F2N2O/c1-11(22)17-14(12-5-3-2-4-6-12)10-21(20-17)16-9-13(18)7-8-15(16)19/h2-9,14H,10H2,1H3. The summed E-state index contributed by atoms with van der Waals surface area (Å²) in [5.74, 6) is -1.53. The lowest BCUT2D eigenvalue weighted by molar-refractivity contribution is -0.111. The summed E-state index contributed by atoms with van der Waals surface area (Å²) >= 11 is 0. The first-order valence-corrected chi connectivity index (χ1v) is 6.93. The molecule has 2 aromatic carbocycles. The Kier molecular flexibility index (Phi) is 3.71. The summed E-state index contributed by atoms with van der Waals surface area (Å²) in [5.41, 5.74) is 1.32. The second-order valence-electron chi connectivity index (χ2n) is 5.18. The minimum atomic E-state index is -0.568. The highest BCUT2D eigenvalue weighted by atomic mass is 19.1. The third-order valence-electron chi connectivity index (χ3n) is 3.66. The molecule has 1 heterocycles. The smallest absolute Gasteiger partial charge is 0.176 e. The number of anilines is 1. The summed E-state index contributed by atoms with van der Waals surface area (Å²) in [6, 6.07) is 12.6. The largest absolute Gasteiger partial charge is 0.293 e. The van der Waals surface area contributed by atoms with E-state index in [2.05, 4.69) is 5.10 Å². The van der Waals surface area contributed by atoms with Crippen LogP contribution in [-0.2, 0) is 4.79 Å². The lowest BCUT2D eigenvalue weighted by Gasteiger charge is -2.17. The summed E-state index contributed by atoms with van der Waals surface area (Å²) in [6.07, 6.45) is 0. The van der Waals surface area contributed by atoms with Crippen molar-refractivity contribution in [2.24, 2.45) is 5.10 Å². The van der Waals surface area contributed by atoms with Crippen LogP contribution >= 0.6 is 0 Å². The zero-order valence-corrected chi connectivity index (χ0v) is 12.0. The Morgan fingerprint density at radius 2 is 1.91 bits per heavy atom. The maximum Gasteiger partial charge on any atom is 0.176 e. The molecule has 0 aromatic heterocycles. The van der Waals surface area contributed by atoms with Gasteiger partial charge in [0.1, 0.15) is 17.3 Å². The fraction of sp³-hybridized carbons (Fsp3) is 0.176. The van der Waals surface area contributed by atoms with Crippen molar-refractivity contribution >= 4 is 17.2 Å². The molecule has 0 fully saturated rings. The Labute approximate surface area is 126 Å². The summed E-state index contributed by atoms with van der Waals surface area (Å²) in [7, 11) is 0. The molecule has 0 saturated heterocycles. The zero-order valence-electron chi connectivity index (χ0n) is 12.0. The fourth-order valence-corrected chi connectivity index (χ4v) is 2.60. The van der Waals surface area contributed by atoms with Crippen LogP contribution in [0.3, 0.4) is 0 Å². The van der Waals surface area contributed by atoms with Crippen LogP contribution in [0, 0.1) is 11.6 Å². The predicted molar refractivity (Wildman–Crippen MR) is 81.0 cm³/mol. The van der Waals surface area contributed by atoms with E-state index in [-0.39, 0.29) is 17.4 Å². The molecule has 3 nitrogen and oxygen atoms in total. The molecule has 1 unspecified atom stereocenters. The van der Waals surface area contributed by atoms with E-state index < -0.39 is 11.6 Å². The molecule has 1 atom stereocenters. The van der Waals surface area contributed by atoms with Crippen LogP contribution in [0.1, 0.15) is 18.4 Å². The number of Topliss-reactive ketones (excluding diaryl/α,β-unsaturated/α-hetero) is 1. The molecule has 0 bridgehead atoms. The summed E-state index contributed by atoms with van der Waals surface area (Å²) in [5, 5.41) is 5.57. The summed E-state index contributed by atoms with van der Waals surface area (Å²) in [6.45, 7) is 1.74. The van der Waals surface area contributed by atoms with E-state index in [0.29, 0.717) is 12.3 Å². The Morgan fingerprint density at radius 3 is 2.59 bits per heavy atom. The zero-order chi connectivity index (χ0) is 15.7. The van der Waals surface area contributed by atoms with Crippen molar-refractivity contribution in [3.63, 3.8) is 0 Å². The maximum absolute atomic E-state index is 13.9. The molecule has 0 radical (unpaired) electrons. The molecule has 0 aliphatic carbocycles. The molecule has 0 spiro atoms. The molecule has 0 amide bonds. The molecule has 2 aromatic rings. The van der Waals surface area contributed by atoms with Crippen molar-refractivity contribution in [1.29, 1.82) is 0 Å². The van der Waals surface area contributed by atoms with E-state index in [0.717, 1.165) is 23.8 Å². The number of halogens is 2. The molecule has 0 N–H and O–H groups in total. The van der Waals surface area contributed by atoms with Crippen molar-refractivity contribution in [3.05, 3.63) is 65.7 Å². The number of carbonyl (C=O) groups is 1. The van der Waals surface area contributed by atoms with E-state index in [4.69, 9.17) is 0 Å². The van der Waals surface area contributed by atoms with Gasteiger partial charge in [-0.05, 0) is 17.7 Å². The number of hydrogen-bond donors (Lipinski definition) is 0. The highest BCUT2D eigenvalue weighted by Crippen LogP contribution is 2.31. The Morgan fingerprint density at radius 1 is 1.18 bits per heavy atom. The van der Waals surface area contributed by atoms with Gasteiger partial charge in [-0.25, -0.2) is 8.78 Å². The minimum absolute atomic E-state index is 0.0391. The highest BCUT2D eigenvalue weighted by Gasteiger charge is 2.32. The maximum atomic E-state index is 13.9. The van der Waals surface area contributed by atoms with Crippen molar-refractivity contribution in [1.82, 2.24) is 0 Å². The third-order valence-corrected chi connectivity index (χ3v) is 3.66. The lowest BCUT2D eigenvalue weighted by atomic mass is 9.93. The average molecular weight is 300 g/mol. The fourth-order valence-electron chi connectivity index (χ4n) is 2.60. The average Bonchev–Trinajstić information content (AvgIpc) is 2.96. The number of rotatable bonds is 3. The summed E-state index contributed by atoms with van der Waals surface area (Å²) < 4.78 is 27.3. The Balaban J connectivity index is 2.00. The van der Waals surface area contributed by atoms with Crippen molar-refractivity contribution in [3.8, 4) is 0 Å². The molecule has 1 aliphatic rings. The van der Waals surface area contributed by atoms with Crippen molar-refractivity contribution in [2.45, 2.75) is 12.8 Å². The van der Waals surface area contributed by atoms with Crippen LogP contribution in [0.25, 0.3) is 0 Å². The van der Waals surface area contributed by atoms with Gasteiger partial charge >= 0.3 is 0 Å². The van der Waals surface area contributed by atoms with Crippen LogP contribution in [0.15, 0.2) is 53.6 Å². The van der Waals surface area contributed by atoms with Gasteiger partial charge in [0, 0.05) is 13.0 Å². The molecular weight excluding hydrogens is 286 g/mol. The van der Waals surface area contributed by atoms with Crippen LogP contribution in [0.2, 0.25) is 0 Å². The SMILES string of the molecule is CC(=O)C1=NN(c2cc(F)ccc2F)CC1c1ccccc1. The molecule has 22 heavy (non-hydrogen) atoms. The normalized spacial score (nSPS) is 17.5. The number of benzene rings is 2. The van der Waals surface area contributed by atoms with Gasteiger partial charge in [-0.2, -0.15) is 5.10 Å². The molecule has 5 heteroatoms. The van der Waals surface area contributed by atoms with E-state index in [1.165, 1.54) is 11.9 Å². The monoisotopic (exact) mass is 300 g/mol. The number of ketones is 1.